The highest BCUT2D eigenvalue weighted by Gasteiger charge is 2.41. The number of benzene rings is 5. The smallest absolute Gasteiger partial charge is 0.197 e. The highest BCUT2D eigenvalue weighted by Crippen LogP contribution is 2.43. The Balaban J connectivity index is 1.31. The predicted octanol–water partition coefficient (Wildman–Crippen LogP) is 11.7. The zero-order valence-corrected chi connectivity index (χ0v) is 27.5. The molecule has 0 bridgehead atoms. The molecule has 0 saturated heterocycles. The summed E-state index contributed by atoms with van der Waals surface area (Å²) in [5.41, 5.74) is 15.7. The topological polar surface area (TPSA) is 3.88 Å². The van der Waals surface area contributed by atoms with Crippen LogP contribution in [0.15, 0.2) is 140 Å². The highest BCUT2D eigenvalue weighted by molar-refractivity contribution is 5.83. The molecule has 1 nitrogen and oxygen atoms in total. The van der Waals surface area contributed by atoms with E-state index in [0.29, 0.717) is 0 Å². The number of pyridine rings is 1. The molecule has 0 radical (unpaired) electrons. The molecular weight excluding hydrogens is 555 g/mol. The standard InChI is InChI=1S/C45H44N/c1-4-7-14-33-20-22-35(23-21-33)40-28-39(34-15-9-8-10-16-34)29-41(30-40)37-18-13-17-36(27-37)38-24-25-43-42(31-38)44-19-11-12-26-46(44)32-45(43,5-2)6-3/h8-13,15-31H,4-7,14,32H2,1-3H3/q+1. The van der Waals surface area contributed by atoms with Crippen LogP contribution >= 0.6 is 0 Å². The first kappa shape index (κ1) is 29.9. The quantitative estimate of drug-likeness (QED) is 0.146. The molecule has 2 heterocycles. The maximum Gasteiger partial charge on any atom is 0.212 e. The number of unbranched alkanes of at least 4 members (excludes halogenated alkanes) is 1. The Morgan fingerprint density at radius 1 is 0.522 bits per heavy atom. The minimum absolute atomic E-state index is 0.164. The van der Waals surface area contributed by atoms with Crippen LogP contribution in [-0.4, -0.2) is 0 Å². The monoisotopic (exact) mass is 598 g/mol. The second kappa shape index (κ2) is 12.9. The second-order valence-electron chi connectivity index (χ2n) is 13.0. The molecule has 6 aromatic rings. The maximum absolute atomic E-state index is 2.46. The van der Waals surface area contributed by atoms with Gasteiger partial charge in [-0.25, -0.2) is 0 Å². The van der Waals surface area contributed by atoms with Crippen molar-refractivity contribution in [2.45, 2.75) is 64.8 Å². The maximum atomic E-state index is 2.46. The molecule has 46 heavy (non-hydrogen) atoms. The first-order valence-electron chi connectivity index (χ1n) is 17.1. The Morgan fingerprint density at radius 3 is 1.78 bits per heavy atom. The number of aromatic nitrogens is 1. The van der Waals surface area contributed by atoms with Crippen LogP contribution in [0.5, 0.6) is 0 Å². The minimum Gasteiger partial charge on any atom is -0.197 e. The average molecular weight is 599 g/mol. The zero-order valence-electron chi connectivity index (χ0n) is 27.5. The van der Waals surface area contributed by atoms with Crippen molar-refractivity contribution in [2.75, 3.05) is 0 Å². The van der Waals surface area contributed by atoms with Crippen LogP contribution in [0.4, 0.5) is 0 Å². The summed E-state index contributed by atoms with van der Waals surface area (Å²) in [6.07, 6.45) is 8.12. The summed E-state index contributed by atoms with van der Waals surface area (Å²) in [7, 11) is 0. The first-order valence-corrected chi connectivity index (χ1v) is 17.1. The van der Waals surface area contributed by atoms with Gasteiger partial charge in [-0.2, -0.15) is 4.57 Å². The van der Waals surface area contributed by atoms with Gasteiger partial charge >= 0.3 is 0 Å². The number of hydrogen-bond acceptors (Lipinski definition) is 0. The average Bonchev–Trinajstić information content (AvgIpc) is 3.14. The van der Waals surface area contributed by atoms with Gasteiger partial charge in [0, 0.05) is 12.1 Å². The van der Waals surface area contributed by atoms with E-state index in [9.17, 15) is 0 Å². The van der Waals surface area contributed by atoms with Crippen LogP contribution in [0.2, 0.25) is 0 Å². The fourth-order valence-corrected chi connectivity index (χ4v) is 7.40. The second-order valence-corrected chi connectivity index (χ2v) is 13.0. The van der Waals surface area contributed by atoms with Gasteiger partial charge in [-0.05, 0) is 118 Å². The van der Waals surface area contributed by atoms with Crippen molar-refractivity contribution in [3.05, 3.63) is 151 Å². The van der Waals surface area contributed by atoms with Crippen molar-refractivity contribution >= 4 is 0 Å². The molecule has 1 heteroatoms. The van der Waals surface area contributed by atoms with Crippen LogP contribution in [0.1, 0.15) is 57.6 Å². The normalized spacial score (nSPS) is 13.2. The number of hydrogen-bond donors (Lipinski definition) is 0. The van der Waals surface area contributed by atoms with Crippen molar-refractivity contribution in [2.24, 2.45) is 0 Å². The lowest BCUT2D eigenvalue weighted by molar-refractivity contribution is -0.697. The van der Waals surface area contributed by atoms with E-state index in [-0.39, 0.29) is 5.41 Å². The summed E-state index contributed by atoms with van der Waals surface area (Å²) < 4.78 is 2.46. The summed E-state index contributed by atoms with van der Waals surface area (Å²) in [5.74, 6) is 0. The molecule has 7 rings (SSSR count). The van der Waals surface area contributed by atoms with Gasteiger partial charge in [0.05, 0.1) is 11.0 Å². The molecule has 0 amide bonds. The van der Waals surface area contributed by atoms with E-state index in [1.165, 1.54) is 79.7 Å². The third-order valence-corrected chi connectivity index (χ3v) is 10.3. The molecule has 1 aromatic heterocycles. The van der Waals surface area contributed by atoms with E-state index < -0.39 is 0 Å². The molecule has 0 N–H and O–H groups in total. The molecule has 0 unspecified atom stereocenters. The Morgan fingerprint density at radius 2 is 1.09 bits per heavy atom. The van der Waals surface area contributed by atoms with Gasteiger partial charge in [-0.15, -0.1) is 0 Å². The fourth-order valence-electron chi connectivity index (χ4n) is 7.40. The van der Waals surface area contributed by atoms with Crippen molar-refractivity contribution in [1.29, 1.82) is 0 Å². The Kier molecular flexibility index (Phi) is 8.41. The third-order valence-electron chi connectivity index (χ3n) is 10.3. The molecule has 0 saturated carbocycles. The van der Waals surface area contributed by atoms with E-state index in [4.69, 9.17) is 0 Å². The minimum atomic E-state index is 0.164. The predicted molar refractivity (Wildman–Crippen MR) is 195 cm³/mol. The zero-order chi connectivity index (χ0) is 31.5. The molecule has 1 aliphatic rings. The van der Waals surface area contributed by atoms with Crippen LogP contribution in [0.3, 0.4) is 0 Å². The van der Waals surface area contributed by atoms with Crippen molar-refractivity contribution in [3.8, 4) is 55.8 Å². The molecule has 0 atom stereocenters. The third kappa shape index (κ3) is 5.71. The van der Waals surface area contributed by atoms with E-state index >= 15 is 0 Å². The molecule has 1 aliphatic heterocycles. The Bertz CT molecular complexity index is 1960. The number of aryl methyl sites for hydroxylation is 1. The summed E-state index contributed by atoms with van der Waals surface area (Å²) in [6.45, 7) is 7.99. The summed E-state index contributed by atoms with van der Waals surface area (Å²) in [5, 5.41) is 0. The SMILES string of the molecule is CCCCc1ccc(-c2cc(-c3ccccc3)cc(-c3cccc(-c4ccc5c(c4)-c4cccc[n+]4CC5(CC)CC)c3)c2)cc1. The van der Waals surface area contributed by atoms with E-state index in [1.807, 2.05) is 0 Å². The summed E-state index contributed by atoms with van der Waals surface area (Å²) in [6, 6.07) is 50.0. The lowest BCUT2D eigenvalue weighted by Gasteiger charge is -2.35. The summed E-state index contributed by atoms with van der Waals surface area (Å²) in [4.78, 5) is 0. The Hall–Kier alpha value is -4.75. The largest absolute Gasteiger partial charge is 0.212 e. The van der Waals surface area contributed by atoms with Gasteiger partial charge in [0.25, 0.3) is 0 Å². The van der Waals surface area contributed by atoms with Gasteiger partial charge < -0.3 is 0 Å². The van der Waals surface area contributed by atoms with Crippen LogP contribution in [-0.2, 0) is 18.4 Å². The van der Waals surface area contributed by atoms with Gasteiger partial charge in [-0.3, -0.25) is 0 Å². The molecule has 228 valence electrons. The van der Waals surface area contributed by atoms with Crippen LogP contribution in [0, 0.1) is 0 Å². The number of fused-ring (bicyclic) bond motifs is 3. The lowest BCUT2D eigenvalue weighted by Crippen LogP contribution is -2.50. The Labute approximate surface area is 275 Å². The molecular formula is C45H44N+. The van der Waals surface area contributed by atoms with Gasteiger partial charge in [0.1, 0.15) is 0 Å². The first-order chi connectivity index (χ1) is 22.6. The van der Waals surface area contributed by atoms with Crippen LogP contribution in [0.25, 0.3) is 55.8 Å². The molecule has 5 aromatic carbocycles. The van der Waals surface area contributed by atoms with E-state index in [2.05, 4.69) is 165 Å². The number of rotatable bonds is 9. The molecule has 0 fully saturated rings. The van der Waals surface area contributed by atoms with E-state index in [1.54, 1.807) is 0 Å². The highest BCUT2D eigenvalue weighted by atomic mass is 15.0. The van der Waals surface area contributed by atoms with Crippen molar-refractivity contribution in [1.82, 2.24) is 0 Å². The van der Waals surface area contributed by atoms with Crippen molar-refractivity contribution in [3.63, 3.8) is 0 Å². The molecule has 0 aliphatic carbocycles. The van der Waals surface area contributed by atoms with Crippen molar-refractivity contribution < 1.29 is 4.57 Å². The summed E-state index contributed by atoms with van der Waals surface area (Å²) >= 11 is 0. The van der Waals surface area contributed by atoms with E-state index in [0.717, 1.165) is 25.8 Å². The molecule has 0 spiro atoms. The fraction of sp³-hybridized carbons (Fsp3) is 0.222. The van der Waals surface area contributed by atoms with Gasteiger partial charge in [0.2, 0.25) is 5.69 Å². The van der Waals surface area contributed by atoms with Gasteiger partial charge in [-0.1, -0.05) is 112 Å². The lowest BCUT2D eigenvalue weighted by atomic mass is 9.71. The van der Waals surface area contributed by atoms with Crippen LogP contribution < -0.4 is 4.57 Å². The number of nitrogens with zero attached hydrogens (tertiary/aromatic N) is 1. The van der Waals surface area contributed by atoms with Gasteiger partial charge in [0.15, 0.2) is 12.7 Å².